The van der Waals surface area contributed by atoms with Crippen molar-refractivity contribution in [2.45, 2.75) is 44.3 Å². The van der Waals surface area contributed by atoms with Crippen molar-refractivity contribution in [2.75, 3.05) is 24.6 Å². The highest BCUT2D eigenvalue weighted by molar-refractivity contribution is 8.23. The number of unbranched alkanes of at least 4 members (excludes halogenated alkanes) is 3. The van der Waals surface area contributed by atoms with Gasteiger partial charge in [0.1, 0.15) is 4.32 Å². The van der Waals surface area contributed by atoms with Crippen LogP contribution in [0, 0.1) is 0 Å². The zero-order chi connectivity index (χ0) is 22.2. The number of hydrogen-bond donors (Lipinski definition) is 1. The highest BCUT2D eigenvalue weighted by Gasteiger charge is 2.26. The standard InChI is InChI=1S/C21H26N4O3S3/c1-2-3-4-7-11-25-19(28)15-8-5-6-9-16(15)23-20(25)30-13-17(26)22-10-12-24-18(27)14-31-21(24)29/h5-6,8-9H,2-4,7,10-14H2,1H3,(H,22,26). The summed E-state index contributed by atoms with van der Waals surface area (Å²) in [5.74, 6) is 0.320. The van der Waals surface area contributed by atoms with E-state index in [-0.39, 0.29) is 23.1 Å². The van der Waals surface area contributed by atoms with Crippen molar-refractivity contribution < 1.29 is 9.59 Å². The Bertz CT molecular complexity index is 1010. The summed E-state index contributed by atoms with van der Waals surface area (Å²) < 4.78 is 2.25. The van der Waals surface area contributed by atoms with Crippen LogP contribution in [0.1, 0.15) is 32.6 Å². The SMILES string of the molecule is CCCCCCn1c(SCC(=O)NCCN2C(=O)CSC2=S)nc2ccccc2c1=O. The number of para-hydroxylation sites is 1. The number of thioether (sulfide) groups is 2. The zero-order valence-electron chi connectivity index (χ0n) is 17.5. The Kier molecular flexibility index (Phi) is 8.91. The van der Waals surface area contributed by atoms with Gasteiger partial charge in [0.25, 0.3) is 5.56 Å². The number of carbonyl (C=O) groups excluding carboxylic acids is 2. The lowest BCUT2D eigenvalue weighted by Crippen LogP contribution is -2.38. The van der Waals surface area contributed by atoms with Crippen molar-refractivity contribution in [2.24, 2.45) is 0 Å². The number of fused-ring (bicyclic) bond motifs is 1. The van der Waals surface area contributed by atoms with Gasteiger partial charge < -0.3 is 5.32 Å². The third-order valence-electron chi connectivity index (χ3n) is 4.89. The number of thiocarbonyl (C=S) groups is 1. The average Bonchev–Trinajstić information content (AvgIpc) is 3.09. The summed E-state index contributed by atoms with van der Waals surface area (Å²) >= 11 is 7.74. The molecular formula is C21H26N4O3S3. The van der Waals surface area contributed by atoms with Crippen LogP contribution in [0.15, 0.2) is 34.2 Å². The van der Waals surface area contributed by atoms with E-state index >= 15 is 0 Å². The van der Waals surface area contributed by atoms with Crippen LogP contribution >= 0.6 is 35.7 Å². The molecule has 0 spiro atoms. The molecule has 0 bridgehead atoms. The lowest BCUT2D eigenvalue weighted by atomic mass is 10.2. The summed E-state index contributed by atoms with van der Waals surface area (Å²) in [6.45, 7) is 3.45. The normalized spacial score (nSPS) is 13.9. The minimum atomic E-state index is -0.171. The summed E-state index contributed by atoms with van der Waals surface area (Å²) in [7, 11) is 0. The monoisotopic (exact) mass is 478 g/mol. The van der Waals surface area contributed by atoms with Gasteiger partial charge in [0, 0.05) is 19.6 Å². The van der Waals surface area contributed by atoms with Crippen molar-refractivity contribution in [3.05, 3.63) is 34.6 Å². The molecule has 7 nitrogen and oxygen atoms in total. The van der Waals surface area contributed by atoms with Gasteiger partial charge in [-0.25, -0.2) is 4.98 Å². The quantitative estimate of drug-likeness (QED) is 0.230. The first-order valence-corrected chi connectivity index (χ1v) is 12.8. The summed E-state index contributed by atoms with van der Waals surface area (Å²) in [6, 6.07) is 7.29. The summed E-state index contributed by atoms with van der Waals surface area (Å²) in [5.41, 5.74) is 0.572. The molecule has 1 aliphatic heterocycles. The van der Waals surface area contributed by atoms with Crippen LogP contribution in [0.5, 0.6) is 0 Å². The second kappa shape index (κ2) is 11.6. The second-order valence-corrected chi connectivity index (χ2v) is 9.72. The van der Waals surface area contributed by atoms with E-state index in [0.29, 0.717) is 45.8 Å². The first kappa shape index (κ1) is 23.7. The Morgan fingerprint density at radius 1 is 1.23 bits per heavy atom. The molecule has 2 aromatic rings. The van der Waals surface area contributed by atoms with Crippen LogP contribution in [-0.2, 0) is 16.1 Å². The molecule has 2 heterocycles. The Morgan fingerprint density at radius 2 is 2.03 bits per heavy atom. The number of benzene rings is 1. The third kappa shape index (κ3) is 6.30. The molecule has 3 rings (SSSR count). The number of rotatable bonds is 11. The average molecular weight is 479 g/mol. The lowest BCUT2D eigenvalue weighted by molar-refractivity contribution is -0.124. The van der Waals surface area contributed by atoms with Gasteiger partial charge in [0.2, 0.25) is 11.8 Å². The number of aromatic nitrogens is 2. The van der Waals surface area contributed by atoms with Gasteiger partial charge in [-0.15, -0.1) is 0 Å². The van der Waals surface area contributed by atoms with Gasteiger partial charge in [-0.1, -0.05) is 74.1 Å². The Labute approximate surface area is 195 Å². The fraction of sp³-hybridized carbons (Fsp3) is 0.476. The van der Waals surface area contributed by atoms with E-state index in [9.17, 15) is 14.4 Å². The van der Waals surface area contributed by atoms with Crippen molar-refractivity contribution in [3.63, 3.8) is 0 Å². The van der Waals surface area contributed by atoms with E-state index in [1.807, 2.05) is 18.2 Å². The van der Waals surface area contributed by atoms with Crippen LogP contribution < -0.4 is 10.9 Å². The first-order chi connectivity index (χ1) is 15.0. The third-order valence-corrected chi connectivity index (χ3v) is 7.30. The molecule has 2 amide bonds. The first-order valence-electron chi connectivity index (χ1n) is 10.4. The van der Waals surface area contributed by atoms with Gasteiger partial charge >= 0.3 is 0 Å². The van der Waals surface area contributed by atoms with E-state index < -0.39 is 0 Å². The molecule has 1 aliphatic rings. The molecule has 10 heteroatoms. The molecule has 0 aliphatic carbocycles. The van der Waals surface area contributed by atoms with Gasteiger partial charge in [-0.3, -0.25) is 23.9 Å². The van der Waals surface area contributed by atoms with Gasteiger partial charge in [0.05, 0.1) is 22.4 Å². The van der Waals surface area contributed by atoms with Crippen LogP contribution in [0.2, 0.25) is 0 Å². The van der Waals surface area contributed by atoms with E-state index in [1.165, 1.54) is 28.4 Å². The smallest absolute Gasteiger partial charge is 0.262 e. The van der Waals surface area contributed by atoms with E-state index in [2.05, 4.69) is 17.2 Å². The topological polar surface area (TPSA) is 84.3 Å². The van der Waals surface area contributed by atoms with Gasteiger partial charge in [-0.2, -0.15) is 0 Å². The molecule has 31 heavy (non-hydrogen) atoms. The van der Waals surface area contributed by atoms with Crippen molar-refractivity contribution in [3.8, 4) is 0 Å². The van der Waals surface area contributed by atoms with Gasteiger partial charge in [-0.05, 0) is 18.6 Å². The highest BCUT2D eigenvalue weighted by atomic mass is 32.2. The van der Waals surface area contributed by atoms with E-state index in [0.717, 1.165) is 25.7 Å². The molecular weight excluding hydrogens is 452 g/mol. The van der Waals surface area contributed by atoms with Crippen molar-refractivity contribution in [1.82, 2.24) is 19.8 Å². The lowest BCUT2D eigenvalue weighted by Gasteiger charge is -2.15. The Morgan fingerprint density at radius 3 is 2.77 bits per heavy atom. The minimum Gasteiger partial charge on any atom is -0.354 e. The van der Waals surface area contributed by atoms with Gasteiger partial charge in [0.15, 0.2) is 5.16 Å². The fourth-order valence-electron chi connectivity index (χ4n) is 3.24. The predicted molar refractivity (Wildman–Crippen MR) is 131 cm³/mol. The molecule has 0 radical (unpaired) electrons. The van der Waals surface area contributed by atoms with Crippen LogP contribution in [0.3, 0.4) is 0 Å². The van der Waals surface area contributed by atoms with Crippen molar-refractivity contribution in [1.29, 1.82) is 0 Å². The number of hydrogen-bond acceptors (Lipinski definition) is 7. The largest absolute Gasteiger partial charge is 0.354 e. The number of amides is 2. The molecule has 0 unspecified atom stereocenters. The molecule has 166 valence electrons. The maximum atomic E-state index is 13.0. The summed E-state index contributed by atoms with van der Waals surface area (Å²) in [6.07, 6.45) is 4.20. The fourth-order valence-corrected chi connectivity index (χ4v) is 5.21. The predicted octanol–water partition coefficient (Wildman–Crippen LogP) is 3.05. The maximum Gasteiger partial charge on any atom is 0.262 e. The molecule has 0 saturated carbocycles. The number of carbonyl (C=O) groups is 2. The second-order valence-electron chi connectivity index (χ2n) is 7.17. The molecule has 1 N–H and O–H groups in total. The number of nitrogens with zero attached hydrogens (tertiary/aromatic N) is 3. The van der Waals surface area contributed by atoms with E-state index in [4.69, 9.17) is 12.2 Å². The minimum absolute atomic E-state index is 0.0222. The summed E-state index contributed by atoms with van der Waals surface area (Å²) in [5, 5.41) is 3.97. The Hall–Kier alpha value is -1.91. The molecule has 1 aromatic carbocycles. The molecule has 1 fully saturated rings. The molecule has 0 atom stereocenters. The van der Waals surface area contributed by atoms with Crippen LogP contribution in [0.25, 0.3) is 10.9 Å². The van der Waals surface area contributed by atoms with E-state index in [1.54, 1.807) is 10.6 Å². The van der Waals surface area contributed by atoms with Crippen LogP contribution in [0.4, 0.5) is 0 Å². The summed E-state index contributed by atoms with van der Waals surface area (Å²) in [4.78, 5) is 43.2. The molecule has 1 saturated heterocycles. The molecule has 1 aromatic heterocycles. The Balaban J connectivity index is 1.62. The van der Waals surface area contributed by atoms with Crippen molar-refractivity contribution >= 4 is 62.8 Å². The highest BCUT2D eigenvalue weighted by Crippen LogP contribution is 2.19. The zero-order valence-corrected chi connectivity index (χ0v) is 19.9. The number of nitrogens with one attached hydrogen (secondary N) is 1. The maximum absolute atomic E-state index is 13.0. The van der Waals surface area contributed by atoms with Crippen LogP contribution in [-0.4, -0.2) is 55.2 Å².